The molecule has 0 saturated carbocycles. The molecule has 0 bridgehead atoms. The van der Waals surface area contributed by atoms with Gasteiger partial charge in [0.25, 0.3) is 0 Å². The zero-order valence-corrected chi connectivity index (χ0v) is 16.8. The summed E-state index contributed by atoms with van der Waals surface area (Å²) in [6.45, 7) is 0.0167. The summed E-state index contributed by atoms with van der Waals surface area (Å²) in [5, 5.41) is 6.92. The number of nitrogens with zero attached hydrogens (tertiary/aromatic N) is 2. The van der Waals surface area contributed by atoms with E-state index >= 15 is 0 Å². The van der Waals surface area contributed by atoms with E-state index in [1.807, 2.05) is 0 Å². The summed E-state index contributed by atoms with van der Waals surface area (Å²) in [7, 11) is -3.06. The number of sulfonamides is 1. The molecule has 0 unspecified atom stereocenters. The lowest BCUT2D eigenvalue weighted by molar-refractivity contribution is -0.139. The van der Waals surface area contributed by atoms with Crippen molar-refractivity contribution in [2.75, 3.05) is 13.6 Å². The Hall–Kier alpha value is -2.72. The van der Waals surface area contributed by atoms with Gasteiger partial charge in [-0.1, -0.05) is 24.3 Å². The molecule has 30 heavy (non-hydrogen) atoms. The third kappa shape index (κ3) is 4.88. The summed E-state index contributed by atoms with van der Waals surface area (Å²) in [5.41, 5.74) is 0.659. The van der Waals surface area contributed by atoms with Gasteiger partial charge >= 0.3 is 6.18 Å². The van der Waals surface area contributed by atoms with Gasteiger partial charge in [-0.25, -0.2) is 17.1 Å². The highest BCUT2D eigenvalue weighted by Gasteiger charge is 2.37. The van der Waals surface area contributed by atoms with Crippen LogP contribution in [0.2, 0.25) is 0 Å². The van der Waals surface area contributed by atoms with Gasteiger partial charge in [-0.3, -0.25) is 5.10 Å². The molecule has 1 aromatic heterocycles. The van der Waals surface area contributed by atoms with E-state index in [0.717, 1.165) is 22.5 Å². The van der Waals surface area contributed by atoms with Crippen molar-refractivity contribution in [2.24, 2.45) is 0 Å². The number of aromatic amines is 1. The van der Waals surface area contributed by atoms with Crippen LogP contribution in [-0.2, 0) is 22.6 Å². The van der Waals surface area contributed by atoms with Crippen LogP contribution in [0.4, 0.5) is 17.6 Å². The maximum atomic E-state index is 13.3. The maximum absolute atomic E-state index is 13.3. The standard InChI is InChI=1S/C20H19F4N3O2S/c1-27(30(28,29)19-10-3-2-9-17(19)20(22,23)24)11-5-8-16-13-18(26-25-16)14-6-4-7-15(21)12-14/h2-4,6-7,9-10,12-13H,5,8,11H2,1H3,(H,25,26). The van der Waals surface area contributed by atoms with E-state index in [1.165, 1.54) is 25.2 Å². The number of hydrogen-bond donors (Lipinski definition) is 1. The molecule has 1 N–H and O–H groups in total. The van der Waals surface area contributed by atoms with Gasteiger partial charge in [0, 0.05) is 24.8 Å². The minimum absolute atomic E-state index is 0.0167. The highest BCUT2D eigenvalue weighted by Crippen LogP contribution is 2.34. The van der Waals surface area contributed by atoms with Gasteiger partial charge in [0.05, 0.1) is 16.2 Å². The lowest BCUT2D eigenvalue weighted by Crippen LogP contribution is -2.30. The first-order valence-corrected chi connectivity index (χ1v) is 10.5. The molecular formula is C20H19F4N3O2S. The molecule has 3 rings (SSSR count). The Labute approximate surface area is 171 Å². The van der Waals surface area contributed by atoms with Crippen LogP contribution in [0, 0.1) is 5.82 Å². The second-order valence-corrected chi connectivity index (χ2v) is 8.73. The Morgan fingerprint density at radius 2 is 1.80 bits per heavy atom. The number of hydrogen-bond acceptors (Lipinski definition) is 3. The normalized spacial score (nSPS) is 12.5. The lowest BCUT2D eigenvalue weighted by atomic mass is 10.1. The van der Waals surface area contributed by atoms with E-state index in [1.54, 1.807) is 18.2 Å². The van der Waals surface area contributed by atoms with Crippen molar-refractivity contribution in [3.05, 3.63) is 71.7 Å². The number of alkyl halides is 3. The Morgan fingerprint density at radius 3 is 2.50 bits per heavy atom. The lowest BCUT2D eigenvalue weighted by Gasteiger charge is -2.20. The molecule has 0 fully saturated rings. The average Bonchev–Trinajstić information content (AvgIpc) is 3.16. The molecular weight excluding hydrogens is 422 g/mol. The molecule has 0 spiro atoms. The van der Waals surface area contributed by atoms with Gasteiger partial charge in [0.15, 0.2) is 0 Å². The molecule has 0 aliphatic rings. The van der Waals surface area contributed by atoms with Crippen LogP contribution < -0.4 is 0 Å². The Kier molecular flexibility index (Phi) is 6.27. The fourth-order valence-corrected chi connectivity index (χ4v) is 4.41. The van der Waals surface area contributed by atoms with Crippen LogP contribution in [0.3, 0.4) is 0 Å². The Balaban J connectivity index is 1.66. The average molecular weight is 441 g/mol. The predicted octanol–water partition coefficient (Wildman–Crippen LogP) is 4.49. The zero-order valence-electron chi connectivity index (χ0n) is 15.9. The van der Waals surface area contributed by atoms with Crippen molar-refractivity contribution in [3.63, 3.8) is 0 Å². The number of rotatable bonds is 7. The number of aryl methyl sites for hydroxylation is 1. The monoisotopic (exact) mass is 441 g/mol. The molecule has 1 heterocycles. The Bertz CT molecular complexity index is 1130. The Morgan fingerprint density at radius 1 is 1.07 bits per heavy atom. The minimum Gasteiger partial charge on any atom is -0.282 e. The SMILES string of the molecule is CN(CCCc1cc(-c2cccc(F)c2)n[nH]1)S(=O)(=O)c1ccccc1C(F)(F)F. The van der Waals surface area contributed by atoms with Crippen LogP contribution in [0.15, 0.2) is 59.5 Å². The molecule has 0 aliphatic carbocycles. The molecule has 5 nitrogen and oxygen atoms in total. The summed E-state index contributed by atoms with van der Waals surface area (Å²) in [4.78, 5) is -0.769. The van der Waals surface area contributed by atoms with Gasteiger partial charge < -0.3 is 0 Å². The highest BCUT2D eigenvalue weighted by atomic mass is 32.2. The zero-order chi connectivity index (χ0) is 21.9. The number of nitrogens with one attached hydrogen (secondary N) is 1. The van der Waals surface area contributed by atoms with E-state index in [2.05, 4.69) is 10.2 Å². The summed E-state index contributed by atoms with van der Waals surface area (Å²) in [6.07, 6.45) is -3.99. The van der Waals surface area contributed by atoms with Crippen molar-refractivity contribution >= 4 is 10.0 Å². The van der Waals surface area contributed by atoms with E-state index in [4.69, 9.17) is 0 Å². The first-order valence-electron chi connectivity index (χ1n) is 9.02. The molecule has 160 valence electrons. The van der Waals surface area contributed by atoms with E-state index in [0.29, 0.717) is 29.8 Å². The van der Waals surface area contributed by atoms with Crippen LogP contribution in [0.25, 0.3) is 11.3 Å². The second kappa shape index (κ2) is 8.57. The maximum Gasteiger partial charge on any atom is 0.417 e. The van der Waals surface area contributed by atoms with Crippen molar-refractivity contribution < 1.29 is 26.0 Å². The predicted molar refractivity (Wildman–Crippen MR) is 104 cm³/mol. The molecule has 0 aliphatic heterocycles. The molecule has 10 heteroatoms. The molecule has 0 saturated heterocycles. The number of benzene rings is 2. The second-order valence-electron chi connectivity index (χ2n) is 6.71. The summed E-state index contributed by atoms with van der Waals surface area (Å²) in [6, 6.07) is 11.8. The number of halogens is 4. The van der Waals surface area contributed by atoms with E-state index in [-0.39, 0.29) is 12.4 Å². The minimum atomic E-state index is -4.77. The number of aromatic nitrogens is 2. The fourth-order valence-electron chi connectivity index (χ4n) is 2.99. The quantitative estimate of drug-likeness (QED) is 0.550. The summed E-state index contributed by atoms with van der Waals surface area (Å²) in [5.74, 6) is -0.386. The van der Waals surface area contributed by atoms with Crippen LogP contribution >= 0.6 is 0 Å². The van der Waals surface area contributed by atoms with Crippen LogP contribution in [-0.4, -0.2) is 36.5 Å². The van der Waals surface area contributed by atoms with Gasteiger partial charge in [0.2, 0.25) is 10.0 Å². The van der Waals surface area contributed by atoms with Gasteiger partial charge in [-0.15, -0.1) is 0 Å². The first-order chi connectivity index (χ1) is 14.1. The number of H-pyrrole nitrogens is 1. The van der Waals surface area contributed by atoms with Crippen molar-refractivity contribution in [3.8, 4) is 11.3 Å². The van der Waals surface area contributed by atoms with Crippen molar-refractivity contribution in [1.29, 1.82) is 0 Å². The smallest absolute Gasteiger partial charge is 0.282 e. The third-order valence-corrected chi connectivity index (χ3v) is 6.47. The highest BCUT2D eigenvalue weighted by molar-refractivity contribution is 7.89. The fraction of sp³-hybridized carbons (Fsp3) is 0.250. The van der Waals surface area contributed by atoms with Gasteiger partial charge in [-0.2, -0.15) is 18.3 Å². The molecule has 3 aromatic rings. The molecule has 0 radical (unpaired) electrons. The molecule has 0 amide bonds. The third-order valence-electron chi connectivity index (χ3n) is 4.55. The first kappa shape index (κ1) is 22.0. The van der Waals surface area contributed by atoms with Gasteiger partial charge in [0.1, 0.15) is 5.82 Å². The van der Waals surface area contributed by atoms with Gasteiger partial charge in [-0.05, 0) is 43.2 Å². The largest absolute Gasteiger partial charge is 0.417 e. The summed E-state index contributed by atoms with van der Waals surface area (Å²) >= 11 is 0. The summed E-state index contributed by atoms with van der Waals surface area (Å²) < 4.78 is 79.0. The van der Waals surface area contributed by atoms with Crippen molar-refractivity contribution in [2.45, 2.75) is 23.9 Å². The van der Waals surface area contributed by atoms with Crippen molar-refractivity contribution in [1.82, 2.24) is 14.5 Å². The molecule has 2 aromatic carbocycles. The van der Waals surface area contributed by atoms with Crippen LogP contribution in [0.5, 0.6) is 0 Å². The molecule has 0 atom stereocenters. The van der Waals surface area contributed by atoms with E-state index < -0.39 is 26.7 Å². The van der Waals surface area contributed by atoms with Crippen LogP contribution in [0.1, 0.15) is 17.7 Å². The topological polar surface area (TPSA) is 66.1 Å². The van der Waals surface area contributed by atoms with E-state index in [9.17, 15) is 26.0 Å².